The maximum atomic E-state index is 12.1. The highest BCUT2D eigenvalue weighted by Crippen LogP contribution is 2.22. The average molecular weight is 399 g/mol. The Morgan fingerprint density at radius 1 is 1.20 bits per heavy atom. The van der Waals surface area contributed by atoms with Crippen LogP contribution in [-0.2, 0) is 20.6 Å². The first-order chi connectivity index (χ1) is 11.8. The van der Waals surface area contributed by atoms with Gasteiger partial charge in [0.15, 0.2) is 0 Å². The zero-order valence-electron chi connectivity index (χ0n) is 13.9. The molecular formula is C17H19ClN2O3S2. The number of anilines is 2. The van der Waals surface area contributed by atoms with E-state index in [0.717, 1.165) is 16.1 Å². The molecule has 0 fully saturated rings. The van der Waals surface area contributed by atoms with Crippen LogP contribution in [0.2, 0.25) is 5.02 Å². The zero-order chi connectivity index (χ0) is 18.4. The number of carbonyl (C=O) groups is 1. The van der Waals surface area contributed by atoms with E-state index in [-0.39, 0.29) is 11.7 Å². The lowest BCUT2D eigenvalue weighted by Gasteiger charge is -2.17. The fraction of sp³-hybridized carbons (Fsp3) is 0.235. The Morgan fingerprint density at radius 2 is 1.92 bits per heavy atom. The topological polar surface area (TPSA) is 66.5 Å². The van der Waals surface area contributed by atoms with Gasteiger partial charge < -0.3 is 5.32 Å². The molecule has 2 aromatic rings. The van der Waals surface area contributed by atoms with Crippen LogP contribution >= 0.6 is 23.4 Å². The molecule has 8 heteroatoms. The molecule has 0 aliphatic heterocycles. The number of benzene rings is 2. The monoisotopic (exact) mass is 398 g/mol. The molecule has 0 bridgehead atoms. The minimum absolute atomic E-state index is 0.156. The third-order valence-electron chi connectivity index (χ3n) is 3.44. The highest BCUT2D eigenvalue weighted by Gasteiger charge is 2.12. The number of rotatable bonds is 7. The van der Waals surface area contributed by atoms with Gasteiger partial charge in [0.05, 0.1) is 17.7 Å². The molecule has 0 saturated heterocycles. The molecule has 5 nitrogen and oxygen atoms in total. The van der Waals surface area contributed by atoms with Crippen LogP contribution in [0, 0.1) is 0 Å². The molecule has 2 aromatic carbocycles. The van der Waals surface area contributed by atoms with Crippen LogP contribution < -0.4 is 9.62 Å². The van der Waals surface area contributed by atoms with Crippen molar-refractivity contribution >= 4 is 50.7 Å². The Bertz CT molecular complexity index is 856. The number of amides is 1. The molecule has 0 aromatic heterocycles. The number of sulfonamides is 1. The molecule has 0 saturated carbocycles. The summed E-state index contributed by atoms with van der Waals surface area (Å²) >= 11 is 7.55. The van der Waals surface area contributed by atoms with Gasteiger partial charge >= 0.3 is 0 Å². The lowest BCUT2D eigenvalue weighted by molar-refractivity contribution is -0.113. The number of nitrogens with one attached hydrogen (secondary N) is 1. The fourth-order valence-electron chi connectivity index (χ4n) is 2.04. The van der Waals surface area contributed by atoms with Crippen LogP contribution in [-0.4, -0.2) is 33.4 Å². The van der Waals surface area contributed by atoms with E-state index in [0.29, 0.717) is 22.2 Å². The summed E-state index contributed by atoms with van der Waals surface area (Å²) in [5.74, 6) is 0.762. The molecule has 2 rings (SSSR count). The quantitative estimate of drug-likeness (QED) is 0.773. The second-order valence-corrected chi connectivity index (χ2v) is 8.82. The van der Waals surface area contributed by atoms with Crippen LogP contribution in [0.15, 0.2) is 48.5 Å². The molecule has 0 aliphatic rings. The standard InChI is InChI=1S/C17H19ClN2O3S2/c1-20(25(2,22)23)15-8-5-7-14(10-15)19-17(21)12-24-11-13-6-3-4-9-16(13)18/h3-10H,11-12H2,1-2H3,(H,19,21). The Balaban J connectivity index is 1.91. The third-order valence-corrected chi connectivity index (χ3v) is 6.00. The summed E-state index contributed by atoms with van der Waals surface area (Å²) in [7, 11) is -1.88. The second kappa shape index (κ2) is 8.60. The smallest absolute Gasteiger partial charge is 0.234 e. The van der Waals surface area contributed by atoms with Gasteiger partial charge in [-0.1, -0.05) is 35.9 Å². The SMILES string of the molecule is CN(c1cccc(NC(=O)CSCc2ccccc2Cl)c1)S(C)(=O)=O. The molecular weight excluding hydrogens is 380 g/mol. The molecule has 0 spiro atoms. The maximum absolute atomic E-state index is 12.1. The largest absolute Gasteiger partial charge is 0.325 e. The first kappa shape index (κ1) is 19.6. The molecule has 0 aliphatic carbocycles. The Morgan fingerprint density at radius 3 is 2.60 bits per heavy atom. The van der Waals surface area contributed by atoms with Crippen molar-refractivity contribution in [1.29, 1.82) is 0 Å². The summed E-state index contributed by atoms with van der Waals surface area (Å²) in [6.45, 7) is 0. The average Bonchev–Trinajstić information content (AvgIpc) is 2.55. The van der Waals surface area contributed by atoms with Crippen molar-refractivity contribution in [3.05, 3.63) is 59.1 Å². The summed E-state index contributed by atoms with van der Waals surface area (Å²) in [6.07, 6.45) is 1.13. The summed E-state index contributed by atoms with van der Waals surface area (Å²) in [4.78, 5) is 12.1. The highest BCUT2D eigenvalue weighted by atomic mass is 35.5. The molecule has 0 unspecified atom stereocenters. The van der Waals surface area contributed by atoms with E-state index in [2.05, 4.69) is 5.32 Å². The van der Waals surface area contributed by atoms with E-state index in [1.54, 1.807) is 24.3 Å². The second-order valence-electron chi connectivity index (χ2n) is 5.41. The maximum Gasteiger partial charge on any atom is 0.234 e. The Labute approximate surface area is 157 Å². The molecule has 1 amide bonds. The normalized spacial score (nSPS) is 11.2. The van der Waals surface area contributed by atoms with Crippen molar-refractivity contribution in [2.75, 3.05) is 28.7 Å². The lowest BCUT2D eigenvalue weighted by atomic mass is 10.2. The van der Waals surface area contributed by atoms with E-state index in [1.165, 1.54) is 18.8 Å². The summed E-state index contributed by atoms with van der Waals surface area (Å²) in [5, 5.41) is 3.46. The van der Waals surface area contributed by atoms with Gasteiger partial charge in [0.2, 0.25) is 15.9 Å². The van der Waals surface area contributed by atoms with E-state index >= 15 is 0 Å². The number of halogens is 1. The number of hydrogen-bond acceptors (Lipinski definition) is 4. The van der Waals surface area contributed by atoms with Crippen molar-refractivity contribution in [3.8, 4) is 0 Å². The Kier molecular flexibility index (Phi) is 6.75. The van der Waals surface area contributed by atoms with E-state index in [9.17, 15) is 13.2 Å². The number of hydrogen-bond donors (Lipinski definition) is 1. The minimum atomic E-state index is -3.35. The van der Waals surface area contributed by atoms with Crippen molar-refractivity contribution in [1.82, 2.24) is 0 Å². The zero-order valence-corrected chi connectivity index (χ0v) is 16.3. The number of thioether (sulfide) groups is 1. The predicted molar refractivity (Wildman–Crippen MR) is 106 cm³/mol. The first-order valence-electron chi connectivity index (χ1n) is 7.42. The van der Waals surface area contributed by atoms with Crippen molar-refractivity contribution in [3.63, 3.8) is 0 Å². The number of carbonyl (C=O) groups excluding carboxylic acids is 1. The van der Waals surface area contributed by atoms with Crippen molar-refractivity contribution in [2.45, 2.75) is 5.75 Å². The van der Waals surface area contributed by atoms with Crippen molar-refractivity contribution in [2.24, 2.45) is 0 Å². The van der Waals surface area contributed by atoms with Gasteiger partial charge in [-0.15, -0.1) is 11.8 Å². The van der Waals surface area contributed by atoms with E-state index < -0.39 is 10.0 Å². The molecule has 134 valence electrons. The molecule has 1 N–H and O–H groups in total. The summed E-state index contributed by atoms with van der Waals surface area (Å²) < 4.78 is 24.3. The number of nitrogens with zero attached hydrogens (tertiary/aromatic N) is 1. The third kappa shape index (κ3) is 5.95. The predicted octanol–water partition coefficient (Wildman–Crippen LogP) is 3.61. The van der Waals surface area contributed by atoms with Crippen LogP contribution in [0.3, 0.4) is 0 Å². The van der Waals surface area contributed by atoms with Gasteiger partial charge in [0, 0.05) is 23.5 Å². The lowest BCUT2D eigenvalue weighted by Crippen LogP contribution is -2.25. The van der Waals surface area contributed by atoms with Gasteiger partial charge in [0.25, 0.3) is 0 Å². The van der Waals surface area contributed by atoms with E-state index in [1.807, 2.05) is 24.3 Å². The van der Waals surface area contributed by atoms with Crippen LogP contribution in [0.4, 0.5) is 11.4 Å². The highest BCUT2D eigenvalue weighted by molar-refractivity contribution is 7.99. The fourth-order valence-corrected chi connectivity index (χ4v) is 3.65. The van der Waals surface area contributed by atoms with Gasteiger partial charge in [-0.3, -0.25) is 9.10 Å². The molecule has 25 heavy (non-hydrogen) atoms. The first-order valence-corrected chi connectivity index (χ1v) is 10.8. The van der Waals surface area contributed by atoms with Crippen LogP contribution in [0.5, 0.6) is 0 Å². The van der Waals surface area contributed by atoms with Gasteiger partial charge in [-0.2, -0.15) is 0 Å². The van der Waals surface area contributed by atoms with Gasteiger partial charge in [-0.05, 0) is 29.8 Å². The summed E-state index contributed by atoms with van der Waals surface area (Å²) in [6, 6.07) is 14.2. The van der Waals surface area contributed by atoms with Crippen molar-refractivity contribution < 1.29 is 13.2 Å². The molecule has 0 atom stereocenters. The van der Waals surface area contributed by atoms with E-state index in [4.69, 9.17) is 11.6 Å². The minimum Gasteiger partial charge on any atom is -0.325 e. The molecule has 0 radical (unpaired) electrons. The summed E-state index contributed by atoms with van der Waals surface area (Å²) in [5.41, 5.74) is 2.03. The van der Waals surface area contributed by atoms with Gasteiger partial charge in [-0.25, -0.2) is 8.42 Å². The van der Waals surface area contributed by atoms with Crippen LogP contribution in [0.25, 0.3) is 0 Å². The molecule has 0 heterocycles. The van der Waals surface area contributed by atoms with Crippen LogP contribution in [0.1, 0.15) is 5.56 Å². The Hall–Kier alpha value is -1.70. The van der Waals surface area contributed by atoms with Gasteiger partial charge in [0.1, 0.15) is 0 Å².